The maximum atomic E-state index is 4.26. The van der Waals surface area contributed by atoms with Crippen molar-refractivity contribution in [3.05, 3.63) is 42.5 Å². The highest BCUT2D eigenvalue weighted by atomic mass is 15.0. The topological polar surface area (TPSA) is 55.6 Å². The Kier molecular flexibility index (Phi) is 3.61. The molecule has 5 heteroatoms. The van der Waals surface area contributed by atoms with Crippen LogP contribution in [-0.2, 0) is 20.0 Å². The minimum absolute atomic E-state index is 0.797. The summed E-state index contributed by atoms with van der Waals surface area (Å²) in [6.45, 7) is 1.70. The molecule has 0 aliphatic rings. The van der Waals surface area contributed by atoms with E-state index in [0.29, 0.717) is 0 Å². The van der Waals surface area contributed by atoms with Crippen molar-refractivity contribution in [2.24, 2.45) is 7.05 Å². The maximum Gasteiger partial charge on any atom is 0.115 e. The molecule has 0 atom stereocenters. The number of hydrogen-bond donors (Lipinski definition) is 1. The van der Waals surface area contributed by atoms with E-state index in [9.17, 15) is 0 Å². The summed E-state index contributed by atoms with van der Waals surface area (Å²) in [6.07, 6.45) is 9.89. The van der Waals surface area contributed by atoms with Gasteiger partial charge in [-0.25, -0.2) is 15.0 Å². The average Bonchev–Trinajstić information content (AvgIpc) is 2.72. The predicted molar refractivity (Wildman–Crippen MR) is 60.7 cm³/mol. The first-order chi connectivity index (χ1) is 7.86. The lowest BCUT2D eigenvalue weighted by molar-refractivity contribution is 0.652. The van der Waals surface area contributed by atoms with Crippen molar-refractivity contribution in [3.63, 3.8) is 0 Å². The lowest BCUT2D eigenvalue weighted by atomic mass is 10.3. The normalized spacial score (nSPS) is 10.6. The zero-order chi connectivity index (χ0) is 11.2. The average molecular weight is 217 g/mol. The molecule has 2 aromatic heterocycles. The standard InChI is InChI=1S/C11H15N5/c1-16-5-4-15-11(16)2-3-12-6-10-7-13-9-14-8-10/h4-5,7-9,12H,2-3,6H2,1H3. The van der Waals surface area contributed by atoms with Gasteiger partial charge in [0.15, 0.2) is 0 Å². The first-order valence-electron chi connectivity index (χ1n) is 5.27. The third-order valence-electron chi connectivity index (χ3n) is 2.39. The van der Waals surface area contributed by atoms with Crippen molar-refractivity contribution in [1.82, 2.24) is 24.8 Å². The number of nitrogens with zero attached hydrogens (tertiary/aromatic N) is 4. The molecular formula is C11H15N5. The van der Waals surface area contributed by atoms with E-state index in [0.717, 1.165) is 30.9 Å². The van der Waals surface area contributed by atoms with Gasteiger partial charge in [-0.15, -0.1) is 0 Å². The van der Waals surface area contributed by atoms with Gasteiger partial charge in [0.25, 0.3) is 0 Å². The molecule has 0 spiro atoms. The summed E-state index contributed by atoms with van der Waals surface area (Å²) in [4.78, 5) is 12.2. The molecule has 0 aliphatic heterocycles. The van der Waals surface area contributed by atoms with Crippen LogP contribution in [0.2, 0.25) is 0 Å². The molecule has 2 aromatic rings. The summed E-state index contributed by atoms with van der Waals surface area (Å²) in [5, 5.41) is 3.33. The van der Waals surface area contributed by atoms with Crippen molar-refractivity contribution >= 4 is 0 Å². The van der Waals surface area contributed by atoms with Crippen LogP contribution in [-0.4, -0.2) is 26.1 Å². The van der Waals surface area contributed by atoms with E-state index in [1.54, 1.807) is 0 Å². The lowest BCUT2D eigenvalue weighted by Gasteiger charge is -2.04. The van der Waals surface area contributed by atoms with E-state index in [2.05, 4.69) is 20.3 Å². The Bertz CT molecular complexity index is 423. The van der Waals surface area contributed by atoms with Crippen molar-refractivity contribution < 1.29 is 0 Å². The number of hydrogen-bond acceptors (Lipinski definition) is 4. The molecule has 0 aliphatic carbocycles. The second-order valence-corrected chi connectivity index (χ2v) is 3.63. The van der Waals surface area contributed by atoms with Crippen LogP contribution in [0.25, 0.3) is 0 Å². The fourth-order valence-electron chi connectivity index (χ4n) is 1.49. The van der Waals surface area contributed by atoms with Gasteiger partial charge in [0.2, 0.25) is 0 Å². The highest BCUT2D eigenvalue weighted by Gasteiger charge is 1.98. The number of imidazole rings is 1. The third-order valence-corrected chi connectivity index (χ3v) is 2.39. The summed E-state index contributed by atoms with van der Waals surface area (Å²) in [6, 6.07) is 0. The van der Waals surface area contributed by atoms with Gasteiger partial charge in [0.05, 0.1) is 0 Å². The molecular weight excluding hydrogens is 202 g/mol. The van der Waals surface area contributed by atoms with Gasteiger partial charge in [-0.05, 0) is 0 Å². The molecule has 0 unspecified atom stereocenters. The zero-order valence-electron chi connectivity index (χ0n) is 9.30. The smallest absolute Gasteiger partial charge is 0.115 e. The van der Waals surface area contributed by atoms with Crippen LogP contribution in [0.5, 0.6) is 0 Å². The second kappa shape index (κ2) is 5.37. The van der Waals surface area contributed by atoms with E-state index in [4.69, 9.17) is 0 Å². The molecule has 0 bridgehead atoms. The molecule has 2 heterocycles. The molecule has 0 amide bonds. The molecule has 2 rings (SSSR count). The van der Waals surface area contributed by atoms with Gasteiger partial charge in [-0.1, -0.05) is 0 Å². The predicted octanol–water partition coefficient (Wildman–Crippen LogP) is 0.542. The molecule has 16 heavy (non-hydrogen) atoms. The number of aromatic nitrogens is 4. The highest BCUT2D eigenvalue weighted by Crippen LogP contribution is 1.95. The SMILES string of the molecule is Cn1ccnc1CCNCc1cncnc1. The number of aryl methyl sites for hydroxylation is 1. The molecule has 84 valence electrons. The molecule has 0 saturated carbocycles. The Morgan fingerprint density at radius 1 is 1.31 bits per heavy atom. The molecule has 5 nitrogen and oxygen atoms in total. The quantitative estimate of drug-likeness (QED) is 0.743. The summed E-state index contributed by atoms with van der Waals surface area (Å²) in [5.41, 5.74) is 1.10. The Labute approximate surface area is 94.6 Å². The van der Waals surface area contributed by atoms with Crippen LogP contribution < -0.4 is 5.32 Å². The van der Waals surface area contributed by atoms with E-state index in [-0.39, 0.29) is 0 Å². The molecule has 1 N–H and O–H groups in total. The molecule has 0 fully saturated rings. The fraction of sp³-hybridized carbons (Fsp3) is 0.364. The third kappa shape index (κ3) is 2.87. The second-order valence-electron chi connectivity index (χ2n) is 3.63. The monoisotopic (exact) mass is 217 g/mol. The lowest BCUT2D eigenvalue weighted by Crippen LogP contribution is -2.18. The molecule has 0 aromatic carbocycles. The van der Waals surface area contributed by atoms with Crippen LogP contribution in [0.1, 0.15) is 11.4 Å². The first-order valence-corrected chi connectivity index (χ1v) is 5.27. The minimum Gasteiger partial charge on any atom is -0.338 e. The first kappa shape index (κ1) is 10.8. The number of rotatable bonds is 5. The van der Waals surface area contributed by atoms with E-state index in [1.807, 2.05) is 36.4 Å². The highest BCUT2D eigenvalue weighted by molar-refractivity contribution is 5.01. The van der Waals surface area contributed by atoms with Gasteiger partial charge in [0.1, 0.15) is 12.2 Å². The van der Waals surface area contributed by atoms with E-state index < -0.39 is 0 Å². The van der Waals surface area contributed by atoms with Crippen LogP contribution in [0.4, 0.5) is 0 Å². The Balaban J connectivity index is 1.72. The molecule has 0 saturated heterocycles. The van der Waals surface area contributed by atoms with Crippen molar-refractivity contribution in [3.8, 4) is 0 Å². The van der Waals surface area contributed by atoms with Crippen LogP contribution in [0, 0.1) is 0 Å². The summed E-state index contributed by atoms with van der Waals surface area (Å²) in [7, 11) is 2.01. The van der Waals surface area contributed by atoms with E-state index in [1.165, 1.54) is 6.33 Å². The van der Waals surface area contributed by atoms with Crippen LogP contribution in [0.15, 0.2) is 31.1 Å². The van der Waals surface area contributed by atoms with Gasteiger partial charge in [0, 0.05) is 56.9 Å². The van der Waals surface area contributed by atoms with Crippen LogP contribution >= 0.6 is 0 Å². The summed E-state index contributed by atoms with van der Waals surface area (Å²) < 4.78 is 2.04. The van der Waals surface area contributed by atoms with Gasteiger partial charge in [-0.3, -0.25) is 0 Å². The Hall–Kier alpha value is -1.75. The Morgan fingerprint density at radius 3 is 2.81 bits per heavy atom. The Morgan fingerprint density at radius 2 is 2.12 bits per heavy atom. The van der Waals surface area contributed by atoms with Crippen molar-refractivity contribution in [1.29, 1.82) is 0 Å². The zero-order valence-corrected chi connectivity index (χ0v) is 9.30. The van der Waals surface area contributed by atoms with Gasteiger partial charge in [-0.2, -0.15) is 0 Å². The largest absolute Gasteiger partial charge is 0.338 e. The van der Waals surface area contributed by atoms with Crippen molar-refractivity contribution in [2.75, 3.05) is 6.54 Å². The maximum absolute atomic E-state index is 4.26. The summed E-state index contributed by atoms with van der Waals surface area (Å²) in [5.74, 6) is 1.09. The minimum atomic E-state index is 0.797. The van der Waals surface area contributed by atoms with Gasteiger partial charge < -0.3 is 9.88 Å². The summed E-state index contributed by atoms with van der Waals surface area (Å²) >= 11 is 0. The van der Waals surface area contributed by atoms with Crippen molar-refractivity contribution in [2.45, 2.75) is 13.0 Å². The van der Waals surface area contributed by atoms with Gasteiger partial charge >= 0.3 is 0 Å². The van der Waals surface area contributed by atoms with E-state index >= 15 is 0 Å². The molecule has 0 radical (unpaired) electrons. The van der Waals surface area contributed by atoms with Crippen LogP contribution in [0.3, 0.4) is 0 Å². The number of nitrogens with one attached hydrogen (secondary N) is 1. The fourth-order valence-corrected chi connectivity index (χ4v) is 1.49.